The Bertz CT molecular complexity index is 1080. The molecule has 0 saturated heterocycles. The average molecular weight is 472 g/mol. The molecule has 0 spiro atoms. The second-order valence-corrected chi connectivity index (χ2v) is 7.03. The van der Waals surface area contributed by atoms with Crippen molar-refractivity contribution in [2.75, 3.05) is 11.9 Å². The highest BCUT2D eigenvalue weighted by Gasteiger charge is 2.13. The number of carbonyl (C=O) groups is 3. The number of hydrazine groups is 1. The monoisotopic (exact) mass is 471 g/mol. The van der Waals surface area contributed by atoms with Gasteiger partial charge in [-0.25, -0.2) is 0 Å². The summed E-state index contributed by atoms with van der Waals surface area (Å²) >= 11 is 3.13. The van der Waals surface area contributed by atoms with E-state index in [1.54, 1.807) is 36.4 Å². The van der Waals surface area contributed by atoms with E-state index < -0.39 is 17.7 Å². The Labute approximate surface area is 180 Å². The number of amides is 3. The van der Waals surface area contributed by atoms with Crippen molar-refractivity contribution in [1.29, 1.82) is 0 Å². The van der Waals surface area contributed by atoms with Crippen LogP contribution in [-0.4, -0.2) is 24.3 Å². The van der Waals surface area contributed by atoms with Crippen molar-refractivity contribution in [3.63, 3.8) is 0 Å². The van der Waals surface area contributed by atoms with Crippen molar-refractivity contribution < 1.29 is 23.5 Å². The third-order valence-electron chi connectivity index (χ3n) is 3.85. The van der Waals surface area contributed by atoms with Gasteiger partial charge >= 0.3 is 0 Å². The molecule has 30 heavy (non-hydrogen) atoms. The summed E-state index contributed by atoms with van der Waals surface area (Å²) in [5.74, 6) is -0.838. The van der Waals surface area contributed by atoms with Crippen molar-refractivity contribution >= 4 is 39.3 Å². The first kappa shape index (κ1) is 21.1. The van der Waals surface area contributed by atoms with Gasteiger partial charge in [0, 0.05) is 11.3 Å². The molecular weight excluding hydrogens is 454 g/mol. The molecule has 8 nitrogen and oxygen atoms in total. The number of furan rings is 1. The molecule has 9 heteroatoms. The van der Waals surface area contributed by atoms with Crippen LogP contribution in [0.5, 0.6) is 5.75 Å². The van der Waals surface area contributed by atoms with E-state index >= 15 is 0 Å². The van der Waals surface area contributed by atoms with Crippen LogP contribution in [0.4, 0.5) is 5.69 Å². The Kier molecular flexibility index (Phi) is 6.87. The number of benzene rings is 2. The predicted molar refractivity (Wildman–Crippen MR) is 113 cm³/mol. The molecule has 0 saturated carbocycles. The van der Waals surface area contributed by atoms with E-state index in [4.69, 9.17) is 9.15 Å². The topological polar surface area (TPSA) is 110 Å². The normalized spacial score (nSPS) is 10.2. The molecule has 0 atom stereocenters. The van der Waals surface area contributed by atoms with E-state index in [-0.39, 0.29) is 17.9 Å². The third-order valence-corrected chi connectivity index (χ3v) is 4.28. The van der Waals surface area contributed by atoms with E-state index in [2.05, 4.69) is 32.1 Å². The van der Waals surface area contributed by atoms with Crippen LogP contribution < -0.4 is 20.9 Å². The van der Waals surface area contributed by atoms with E-state index in [1.165, 1.54) is 12.1 Å². The standard InChI is InChI=1S/C21H18BrN3O5/c1-13-4-2-7-16(10-13)29-12-19(26)24-25-20(27)14-5-3-6-15(11-14)23-21(28)17-8-9-18(22)30-17/h2-11H,12H2,1H3,(H,23,28)(H,24,26)(H,25,27). The molecule has 0 unspecified atom stereocenters. The van der Waals surface area contributed by atoms with Crippen LogP contribution in [0, 0.1) is 6.92 Å². The lowest BCUT2D eigenvalue weighted by atomic mass is 10.2. The maximum absolute atomic E-state index is 12.3. The lowest BCUT2D eigenvalue weighted by Crippen LogP contribution is -2.43. The third kappa shape index (κ3) is 5.95. The first-order valence-corrected chi connectivity index (χ1v) is 9.65. The summed E-state index contributed by atoms with van der Waals surface area (Å²) in [6, 6.07) is 16.6. The molecule has 0 aliphatic carbocycles. The number of halogens is 1. The molecule has 0 radical (unpaired) electrons. The lowest BCUT2D eigenvalue weighted by molar-refractivity contribution is -0.123. The second-order valence-electron chi connectivity index (χ2n) is 6.25. The van der Waals surface area contributed by atoms with Crippen LogP contribution in [0.15, 0.2) is 69.8 Å². The molecule has 1 heterocycles. The summed E-state index contributed by atoms with van der Waals surface area (Å²) in [6.07, 6.45) is 0. The Balaban J connectivity index is 1.51. The quantitative estimate of drug-likeness (QED) is 0.477. The predicted octanol–water partition coefficient (Wildman–Crippen LogP) is 3.44. The molecule has 154 valence electrons. The van der Waals surface area contributed by atoms with Gasteiger partial charge in [-0.1, -0.05) is 18.2 Å². The van der Waals surface area contributed by atoms with Crippen molar-refractivity contribution in [3.05, 3.63) is 82.2 Å². The van der Waals surface area contributed by atoms with Gasteiger partial charge in [-0.05, 0) is 70.9 Å². The smallest absolute Gasteiger partial charge is 0.291 e. The molecular formula is C21H18BrN3O5. The maximum Gasteiger partial charge on any atom is 0.291 e. The van der Waals surface area contributed by atoms with E-state index in [0.717, 1.165) is 5.56 Å². The average Bonchev–Trinajstić information content (AvgIpc) is 3.17. The van der Waals surface area contributed by atoms with Crippen LogP contribution in [-0.2, 0) is 4.79 Å². The van der Waals surface area contributed by atoms with Gasteiger partial charge in [-0.3, -0.25) is 25.2 Å². The molecule has 3 aromatic rings. The lowest BCUT2D eigenvalue weighted by Gasteiger charge is -2.10. The van der Waals surface area contributed by atoms with E-state index in [1.807, 2.05) is 19.1 Å². The van der Waals surface area contributed by atoms with Crippen LogP contribution in [0.3, 0.4) is 0 Å². The summed E-state index contributed by atoms with van der Waals surface area (Å²) < 4.78 is 11.0. The van der Waals surface area contributed by atoms with Crippen molar-refractivity contribution in [3.8, 4) is 5.75 Å². The second kappa shape index (κ2) is 9.75. The Morgan fingerprint density at radius 2 is 1.77 bits per heavy atom. The molecule has 0 aliphatic rings. The highest BCUT2D eigenvalue weighted by Crippen LogP contribution is 2.17. The minimum absolute atomic E-state index is 0.123. The maximum atomic E-state index is 12.3. The van der Waals surface area contributed by atoms with E-state index in [9.17, 15) is 14.4 Å². The van der Waals surface area contributed by atoms with Crippen LogP contribution in [0.25, 0.3) is 0 Å². The zero-order chi connectivity index (χ0) is 21.5. The number of aryl methyl sites for hydroxylation is 1. The Hall–Kier alpha value is -3.59. The van der Waals surface area contributed by atoms with E-state index in [0.29, 0.717) is 16.1 Å². The summed E-state index contributed by atoms with van der Waals surface area (Å²) in [4.78, 5) is 36.3. The highest BCUT2D eigenvalue weighted by atomic mass is 79.9. The fourth-order valence-corrected chi connectivity index (χ4v) is 2.76. The Morgan fingerprint density at radius 1 is 0.967 bits per heavy atom. The van der Waals surface area contributed by atoms with Gasteiger partial charge in [0.1, 0.15) is 5.75 Å². The fraction of sp³-hybridized carbons (Fsp3) is 0.0952. The van der Waals surface area contributed by atoms with Crippen molar-refractivity contribution in [2.24, 2.45) is 0 Å². The van der Waals surface area contributed by atoms with Gasteiger partial charge in [-0.15, -0.1) is 0 Å². The summed E-state index contributed by atoms with van der Waals surface area (Å²) in [6.45, 7) is 1.66. The summed E-state index contributed by atoms with van der Waals surface area (Å²) in [7, 11) is 0. The van der Waals surface area contributed by atoms with Gasteiger partial charge in [0.05, 0.1) is 0 Å². The zero-order valence-corrected chi connectivity index (χ0v) is 17.5. The fourth-order valence-electron chi connectivity index (χ4n) is 2.46. The molecule has 1 aromatic heterocycles. The van der Waals surface area contributed by atoms with Gasteiger partial charge in [-0.2, -0.15) is 0 Å². The number of hydrogen-bond acceptors (Lipinski definition) is 5. The minimum Gasteiger partial charge on any atom is -0.484 e. The number of ether oxygens (including phenoxy) is 1. The summed E-state index contributed by atoms with van der Waals surface area (Å²) in [5.41, 5.74) is 6.24. The van der Waals surface area contributed by atoms with Gasteiger partial charge in [0.15, 0.2) is 17.0 Å². The molecule has 3 N–H and O–H groups in total. The molecule has 3 amide bonds. The molecule has 0 bridgehead atoms. The molecule has 0 fully saturated rings. The van der Waals surface area contributed by atoms with Gasteiger partial charge < -0.3 is 14.5 Å². The SMILES string of the molecule is Cc1cccc(OCC(=O)NNC(=O)c2cccc(NC(=O)c3ccc(Br)o3)c2)c1. The van der Waals surface area contributed by atoms with Crippen LogP contribution >= 0.6 is 15.9 Å². The number of nitrogens with one attached hydrogen (secondary N) is 3. The number of hydrogen-bond donors (Lipinski definition) is 3. The first-order chi connectivity index (χ1) is 14.4. The van der Waals surface area contributed by atoms with Gasteiger partial charge in [0.25, 0.3) is 17.7 Å². The number of rotatable bonds is 6. The van der Waals surface area contributed by atoms with Crippen LogP contribution in [0.2, 0.25) is 0 Å². The highest BCUT2D eigenvalue weighted by molar-refractivity contribution is 9.10. The molecule has 3 rings (SSSR count). The number of anilines is 1. The van der Waals surface area contributed by atoms with Crippen molar-refractivity contribution in [2.45, 2.75) is 6.92 Å². The van der Waals surface area contributed by atoms with Gasteiger partial charge in [0.2, 0.25) is 0 Å². The number of carbonyl (C=O) groups excluding carboxylic acids is 3. The largest absolute Gasteiger partial charge is 0.484 e. The Morgan fingerprint density at radius 3 is 2.50 bits per heavy atom. The van der Waals surface area contributed by atoms with Crippen LogP contribution in [0.1, 0.15) is 26.5 Å². The molecule has 2 aromatic carbocycles. The first-order valence-electron chi connectivity index (χ1n) is 8.86. The zero-order valence-electron chi connectivity index (χ0n) is 15.9. The molecule has 0 aliphatic heterocycles. The summed E-state index contributed by atoms with van der Waals surface area (Å²) in [5, 5.41) is 2.63. The van der Waals surface area contributed by atoms with Crippen molar-refractivity contribution in [1.82, 2.24) is 10.9 Å². The minimum atomic E-state index is -0.546.